The van der Waals surface area contributed by atoms with Gasteiger partial charge in [-0.05, 0) is 31.9 Å². The average molecular weight is 295 g/mol. The highest BCUT2D eigenvalue weighted by Crippen LogP contribution is 2.29. The predicted octanol–water partition coefficient (Wildman–Crippen LogP) is 2.40. The van der Waals surface area contributed by atoms with Crippen LogP contribution in [-0.2, 0) is 14.6 Å². The van der Waals surface area contributed by atoms with Crippen LogP contribution in [0.2, 0.25) is 0 Å². The number of hydrogen-bond acceptors (Lipinski definition) is 3. The van der Waals surface area contributed by atoms with Gasteiger partial charge in [-0.1, -0.05) is 31.0 Å². The van der Waals surface area contributed by atoms with E-state index in [0.29, 0.717) is 0 Å². The molecule has 1 atom stereocenters. The van der Waals surface area contributed by atoms with Gasteiger partial charge in [0.05, 0.1) is 0 Å². The second-order valence-corrected chi connectivity index (χ2v) is 7.82. The van der Waals surface area contributed by atoms with Crippen molar-refractivity contribution in [2.45, 2.75) is 43.9 Å². The highest BCUT2D eigenvalue weighted by Gasteiger charge is 2.34. The minimum Gasteiger partial charge on any atom is -0.308 e. The lowest BCUT2D eigenvalue weighted by Gasteiger charge is -2.31. The number of para-hydroxylation sites is 1. The van der Waals surface area contributed by atoms with Crippen LogP contribution in [0.15, 0.2) is 30.3 Å². The number of carbonyl (C=O) groups is 1. The Kier molecular flexibility index (Phi) is 4.48. The average Bonchev–Trinajstić information content (AvgIpc) is 2.92. The van der Waals surface area contributed by atoms with E-state index in [1.807, 2.05) is 30.3 Å². The molecule has 1 fully saturated rings. The van der Waals surface area contributed by atoms with E-state index in [4.69, 9.17) is 0 Å². The molecular weight excluding hydrogens is 274 g/mol. The first kappa shape index (κ1) is 15.0. The summed E-state index contributed by atoms with van der Waals surface area (Å²) in [6.45, 7) is 1.47. The maximum absolute atomic E-state index is 12.6. The third kappa shape index (κ3) is 3.20. The van der Waals surface area contributed by atoms with Crippen LogP contribution in [0.5, 0.6) is 0 Å². The van der Waals surface area contributed by atoms with E-state index in [1.165, 1.54) is 6.92 Å². The zero-order chi connectivity index (χ0) is 14.8. The quantitative estimate of drug-likeness (QED) is 0.857. The van der Waals surface area contributed by atoms with Crippen LogP contribution in [0.25, 0.3) is 0 Å². The second-order valence-electron chi connectivity index (χ2n) is 5.45. The van der Waals surface area contributed by atoms with Gasteiger partial charge in [-0.25, -0.2) is 8.42 Å². The Hall–Kier alpha value is -1.36. The molecule has 4 nitrogen and oxygen atoms in total. The summed E-state index contributed by atoms with van der Waals surface area (Å²) < 4.78 is 23.4. The summed E-state index contributed by atoms with van der Waals surface area (Å²) in [7, 11) is -3.38. The van der Waals surface area contributed by atoms with E-state index < -0.39 is 15.1 Å². The minimum atomic E-state index is -3.38. The SMILES string of the molecule is C[C@H](C(=O)N(c1ccccc1)C1CCCC1)S(C)(=O)=O. The van der Waals surface area contributed by atoms with Gasteiger partial charge < -0.3 is 4.90 Å². The summed E-state index contributed by atoms with van der Waals surface area (Å²) in [5.74, 6) is -0.314. The molecule has 2 rings (SSSR count). The van der Waals surface area contributed by atoms with Gasteiger partial charge in [-0.2, -0.15) is 0 Å². The van der Waals surface area contributed by atoms with Gasteiger partial charge in [0.2, 0.25) is 5.91 Å². The molecule has 0 aromatic heterocycles. The van der Waals surface area contributed by atoms with Gasteiger partial charge in [0.1, 0.15) is 5.25 Å². The smallest absolute Gasteiger partial charge is 0.245 e. The molecule has 0 spiro atoms. The van der Waals surface area contributed by atoms with Crippen molar-refractivity contribution in [3.05, 3.63) is 30.3 Å². The van der Waals surface area contributed by atoms with E-state index in [-0.39, 0.29) is 11.9 Å². The summed E-state index contributed by atoms with van der Waals surface area (Å²) in [5, 5.41) is -0.997. The molecule has 110 valence electrons. The predicted molar refractivity (Wildman–Crippen MR) is 80.5 cm³/mol. The van der Waals surface area contributed by atoms with Crippen LogP contribution in [0.3, 0.4) is 0 Å². The van der Waals surface area contributed by atoms with E-state index in [9.17, 15) is 13.2 Å². The molecule has 5 heteroatoms. The fourth-order valence-corrected chi connectivity index (χ4v) is 3.13. The molecule has 0 saturated heterocycles. The van der Waals surface area contributed by atoms with Gasteiger partial charge in [0.25, 0.3) is 0 Å². The maximum atomic E-state index is 12.6. The molecule has 0 radical (unpaired) electrons. The van der Waals surface area contributed by atoms with Crippen LogP contribution in [0.1, 0.15) is 32.6 Å². The molecule has 1 aromatic carbocycles. The number of hydrogen-bond donors (Lipinski definition) is 0. The van der Waals surface area contributed by atoms with Gasteiger partial charge in [-0.3, -0.25) is 4.79 Å². The van der Waals surface area contributed by atoms with Crippen LogP contribution in [0.4, 0.5) is 5.69 Å². The third-order valence-electron chi connectivity index (χ3n) is 3.95. The monoisotopic (exact) mass is 295 g/mol. The minimum absolute atomic E-state index is 0.120. The summed E-state index contributed by atoms with van der Waals surface area (Å²) >= 11 is 0. The molecule has 1 saturated carbocycles. The Balaban J connectivity index is 2.34. The number of nitrogens with zero attached hydrogens (tertiary/aromatic N) is 1. The van der Waals surface area contributed by atoms with E-state index in [2.05, 4.69) is 0 Å². The Bertz CT molecular complexity index is 562. The summed E-state index contributed by atoms with van der Waals surface area (Å²) in [4.78, 5) is 14.3. The standard InChI is InChI=1S/C15H21NO3S/c1-12(20(2,18)19)15(17)16(14-10-6-7-11-14)13-8-4-3-5-9-13/h3-5,8-9,12,14H,6-7,10-11H2,1-2H3/t12-/m1/s1. The molecule has 1 aliphatic rings. The van der Waals surface area contributed by atoms with Crippen molar-refractivity contribution < 1.29 is 13.2 Å². The van der Waals surface area contributed by atoms with Crippen LogP contribution in [0, 0.1) is 0 Å². The van der Waals surface area contributed by atoms with Crippen molar-refractivity contribution in [1.29, 1.82) is 0 Å². The molecule has 0 unspecified atom stereocenters. The van der Waals surface area contributed by atoms with Crippen molar-refractivity contribution in [1.82, 2.24) is 0 Å². The topological polar surface area (TPSA) is 54.5 Å². The lowest BCUT2D eigenvalue weighted by Crippen LogP contribution is -2.46. The molecule has 1 aliphatic carbocycles. The Labute approximate surface area is 120 Å². The molecule has 0 aliphatic heterocycles. The fraction of sp³-hybridized carbons (Fsp3) is 0.533. The van der Waals surface area contributed by atoms with E-state index >= 15 is 0 Å². The van der Waals surface area contributed by atoms with Crippen LogP contribution < -0.4 is 4.90 Å². The summed E-state index contributed by atoms with van der Waals surface area (Å²) in [5.41, 5.74) is 0.792. The third-order valence-corrected chi connectivity index (χ3v) is 5.44. The molecule has 0 heterocycles. The molecule has 1 aromatic rings. The van der Waals surface area contributed by atoms with Crippen molar-refractivity contribution in [3.8, 4) is 0 Å². The van der Waals surface area contributed by atoms with Crippen molar-refractivity contribution in [2.75, 3.05) is 11.2 Å². The van der Waals surface area contributed by atoms with Crippen molar-refractivity contribution in [2.24, 2.45) is 0 Å². The lowest BCUT2D eigenvalue weighted by molar-refractivity contribution is -0.118. The van der Waals surface area contributed by atoms with Crippen LogP contribution >= 0.6 is 0 Å². The molecule has 1 amide bonds. The van der Waals surface area contributed by atoms with Gasteiger partial charge >= 0.3 is 0 Å². The Morgan fingerprint density at radius 2 is 1.75 bits per heavy atom. The highest BCUT2D eigenvalue weighted by atomic mass is 32.2. The molecule has 20 heavy (non-hydrogen) atoms. The number of carbonyl (C=O) groups excluding carboxylic acids is 1. The fourth-order valence-electron chi connectivity index (χ4n) is 2.65. The maximum Gasteiger partial charge on any atom is 0.245 e. The zero-order valence-corrected chi connectivity index (χ0v) is 12.8. The lowest BCUT2D eigenvalue weighted by atomic mass is 10.1. The number of amides is 1. The Morgan fingerprint density at radius 3 is 2.25 bits per heavy atom. The van der Waals surface area contributed by atoms with Gasteiger partial charge in [-0.15, -0.1) is 0 Å². The largest absolute Gasteiger partial charge is 0.308 e. The first-order valence-electron chi connectivity index (χ1n) is 6.98. The highest BCUT2D eigenvalue weighted by molar-refractivity contribution is 7.92. The first-order chi connectivity index (χ1) is 9.41. The molecule has 0 N–H and O–H groups in total. The number of rotatable bonds is 4. The number of anilines is 1. The van der Waals surface area contributed by atoms with Crippen LogP contribution in [-0.4, -0.2) is 31.9 Å². The summed E-state index contributed by atoms with van der Waals surface area (Å²) in [6, 6.07) is 9.48. The van der Waals surface area contributed by atoms with Gasteiger partial charge in [0.15, 0.2) is 9.84 Å². The van der Waals surface area contributed by atoms with E-state index in [1.54, 1.807) is 4.90 Å². The summed E-state index contributed by atoms with van der Waals surface area (Å²) in [6.07, 6.45) is 5.19. The normalized spacial score (nSPS) is 17.9. The number of benzene rings is 1. The van der Waals surface area contributed by atoms with Gasteiger partial charge in [0, 0.05) is 18.0 Å². The zero-order valence-electron chi connectivity index (χ0n) is 12.0. The first-order valence-corrected chi connectivity index (χ1v) is 8.93. The van der Waals surface area contributed by atoms with E-state index in [0.717, 1.165) is 37.6 Å². The van der Waals surface area contributed by atoms with Crippen molar-refractivity contribution in [3.63, 3.8) is 0 Å². The molecular formula is C15H21NO3S. The van der Waals surface area contributed by atoms with Crippen molar-refractivity contribution >= 4 is 21.4 Å². The second kappa shape index (κ2) is 5.95. The Morgan fingerprint density at radius 1 is 1.20 bits per heavy atom. The molecule has 0 bridgehead atoms. The number of sulfone groups is 1.